The van der Waals surface area contributed by atoms with Gasteiger partial charge in [0.25, 0.3) is 0 Å². The van der Waals surface area contributed by atoms with Gasteiger partial charge in [-0.1, -0.05) is 12.1 Å². The zero-order valence-electron chi connectivity index (χ0n) is 10.2. The summed E-state index contributed by atoms with van der Waals surface area (Å²) in [4.78, 5) is 12.9. The maximum atomic E-state index is 11.1. The Morgan fingerprint density at radius 2 is 2.11 bits per heavy atom. The molecule has 2 atom stereocenters. The molecule has 0 spiro atoms. The number of β-amino-alcohol motifs (C(OH)–C–C–N with tert-alkyl or cyclic N) is 1. The predicted octanol–water partition coefficient (Wildman–Crippen LogP) is 0.715. The van der Waals surface area contributed by atoms with E-state index < -0.39 is 18.1 Å². The highest BCUT2D eigenvalue weighted by Crippen LogP contribution is 2.21. The number of methoxy groups -OCH3 is 1. The molecule has 0 radical (unpaired) electrons. The number of likely N-dealkylation sites (tertiary alicyclic amines) is 1. The Morgan fingerprint density at radius 3 is 2.67 bits per heavy atom. The van der Waals surface area contributed by atoms with E-state index in [-0.39, 0.29) is 0 Å². The summed E-state index contributed by atoms with van der Waals surface area (Å²) in [7, 11) is 1.60. The summed E-state index contributed by atoms with van der Waals surface area (Å²) in [6.45, 7) is 0.932. The number of hydrogen-bond acceptors (Lipinski definition) is 4. The van der Waals surface area contributed by atoms with Crippen LogP contribution in [0.25, 0.3) is 0 Å². The van der Waals surface area contributed by atoms with Crippen LogP contribution in [0.5, 0.6) is 5.75 Å². The highest BCUT2D eigenvalue weighted by molar-refractivity contribution is 5.74. The van der Waals surface area contributed by atoms with Gasteiger partial charge >= 0.3 is 5.97 Å². The molecule has 1 aromatic rings. The van der Waals surface area contributed by atoms with Crippen molar-refractivity contribution in [2.24, 2.45) is 0 Å². The lowest BCUT2D eigenvalue weighted by molar-refractivity contribution is -0.142. The summed E-state index contributed by atoms with van der Waals surface area (Å²) in [5.74, 6) is -0.102. The standard InChI is InChI=1S/C13H17NO4/c1-18-11-4-2-9(3-5-11)7-14-8-10(15)6-12(14)13(16)17/h2-5,10,12,15H,6-8H2,1H3,(H,16,17)/t10-,12+/m0/s1. The molecule has 2 rings (SSSR count). The van der Waals surface area contributed by atoms with E-state index in [1.54, 1.807) is 12.0 Å². The van der Waals surface area contributed by atoms with E-state index in [2.05, 4.69) is 0 Å². The van der Waals surface area contributed by atoms with E-state index in [1.165, 1.54) is 0 Å². The predicted molar refractivity (Wildman–Crippen MR) is 65.5 cm³/mol. The van der Waals surface area contributed by atoms with Gasteiger partial charge in [0.05, 0.1) is 13.2 Å². The number of hydrogen-bond donors (Lipinski definition) is 2. The van der Waals surface area contributed by atoms with Crippen molar-refractivity contribution < 1.29 is 19.7 Å². The van der Waals surface area contributed by atoms with Crippen LogP contribution in [0, 0.1) is 0 Å². The van der Waals surface area contributed by atoms with Gasteiger partial charge in [0.15, 0.2) is 0 Å². The molecular weight excluding hydrogens is 234 g/mol. The van der Waals surface area contributed by atoms with Crippen LogP contribution in [0.3, 0.4) is 0 Å². The molecule has 0 unspecified atom stereocenters. The number of aliphatic hydroxyl groups excluding tert-OH is 1. The molecule has 1 heterocycles. The number of carboxylic acids is 1. The lowest BCUT2D eigenvalue weighted by Gasteiger charge is -2.20. The van der Waals surface area contributed by atoms with Gasteiger partial charge in [0.2, 0.25) is 0 Å². The molecule has 1 aliphatic heterocycles. The molecule has 0 aliphatic carbocycles. The summed E-state index contributed by atoms with van der Waals surface area (Å²) in [5.41, 5.74) is 1.01. The normalized spacial score (nSPS) is 24.1. The molecule has 2 N–H and O–H groups in total. The van der Waals surface area contributed by atoms with E-state index in [1.807, 2.05) is 24.3 Å². The second-order valence-corrected chi connectivity index (χ2v) is 4.52. The SMILES string of the molecule is COc1ccc(CN2C[C@@H](O)C[C@@H]2C(=O)O)cc1. The summed E-state index contributed by atoms with van der Waals surface area (Å²) in [6, 6.07) is 6.90. The van der Waals surface area contributed by atoms with Crippen molar-refractivity contribution in [2.45, 2.75) is 25.1 Å². The molecular formula is C13H17NO4. The van der Waals surface area contributed by atoms with Gasteiger partial charge in [0.1, 0.15) is 11.8 Å². The lowest BCUT2D eigenvalue weighted by Crippen LogP contribution is -2.35. The third-order valence-corrected chi connectivity index (χ3v) is 3.21. The molecule has 0 aromatic heterocycles. The molecule has 1 saturated heterocycles. The molecule has 98 valence electrons. The highest BCUT2D eigenvalue weighted by Gasteiger charge is 2.35. The molecule has 1 fully saturated rings. The Hall–Kier alpha value is -1.59. The average Bonchev–Trinajstić information content (AvgIpc) is 2.71. The Kier molecular flexibility index (Phi) is 3.84. The van der Waals surface area contributed by atoms with Crippen molar-refractivity contribution in [2.75, 3.05) is 13.7 Å². The monoisotopic (exact) mass is 251 g/mol. The number of carboxylic acid groups (broad SMARTS) is 1. The zero-order valence-corrected chi connectivity index (χ0v) is 10.2. The molecule has 0 bridgehead atoms. The Bertz CT molecular complexity index is 418. The van der Waals surface area contributed by atoms with Crippen LogP contribution >= 0.6 is 0 Å². The van der Waals surface area contributed by atoms with Crippen molar-refractivity contribution in [3.63, 3.8) is 0 Å². The second-order valence-electron chi connectivity index (χ2n) is 4.52. The third kappa shape index (κ3) is 2.80. The van der Waals surface area contributed by atoms with Crippen LogP contribution < -0.4 is 4.74 Å². The second kappa shape index (κ2) is 5.37. The summed E-state index contributed by atoms with van der Waals surface area (Å²) >= 11 is 0. The fourth-order valence-electron chi connectivity index (χ4n) is 2.28. The summed E-state index contributed by atoms with van der Waals surface area (Å²) in [5, 5.41) is 18.6. The van der Waals surface area contributed by atoms with Crippen LogP contribution in [0.1, 0.15) is 12.0 Å². The number of aliphatic carboxylic acids is 1. The summed E-state index contributed by atoms with van der Waals surface area (Å²) in [6.07, 6.45) is -0.254. The maximum Gasteiger partial charge on any atom is 0.321 e. The van der Waals surface area contributed by atoms with Gasteiger partial charge in [0, 0.05) is 19.5 Å². The number of nitrogens with zero attached hydrogens (tertiary/aromatic N) is 1. The van der Waals surface area contributed by atoms with Crippen LogP contribution in [-0.2, 0) is 11.3 Å². The van der Waals surface area contributed by atoms with E-state index in [0.29, 0.717) is 19.5 Å². The Morgan fingerprint density at radius 1 is 1.44 bits per heavy atom. The van der Waals surface area contributed by atoms with Crippen molar-refractivity contribution in [1.29, 1.82) is 0 Å². The van der Waals surface area contributed by atoms with Gasteiger partial charge in [-0.2, -0.15) is 0 Å². The minimum atomic E-state index is -0.875. The molecule has 1 aromatic carbocycles. The number of rotatable bonds is 4. The first-order valence-electron chi connectivity index (χ1n) is 5.88. The number of aliphatic hydroxyl groups is 1. The zero-order chi connectivity index (χ0) is 13.1. The third-order valence-electron chi connectivity index (χ3n) is 3.21. The van der Waals surface area contributed by atoms with E-state index >= 15 is 0 Å². The molecule has 0 amide bonds. The molecule has 0 saturated carbocycles. The average molecular weight is 251 g/mol. The van der Waals surface area contributed by atoms with Crippen molar-refractivity contribution in [3.8, 4) is 5.75 Å². The van der Waals surface area contributed by atoms with Crippen molar-refractivity contribution in [3.05, 3.63) is 29.8 Å². The van der Waals surface area contributed by atoms with Crippen LogP contribution in [-0.4, -0.2) is 46.9 Å². The van der Waals surface area contributed by atoms with E-state index in [4.69, 9.17) is 9.84 Å². The fourth-order valence-corrected chi connectivity index (χ4v) is 2.28. The van der Waals surface area contributed by atoms with Gasteiger partial charge in [-0.25, -0.2) is 0 Å². The minimum Gasteiger partial charge on any atom is -0.497 e. The van der Waals surface area contributed by atoms with Crippen molar-refractivity contribution in [1.82, 2.24) is 4.90 Å². The maximum absolute atomic E-state index is 11.1. The first-order valence-corrected chi connectivity index (χ1v) is 5.88. The topological polar surface area (TPSA) is 70.0 Å². The van der Waals surface area contributed by atoms with Crippen LogP contribution in [0.2, 0.25) is 0 Å². The minimum absolute atomic E-state index is 0.297. The lowest BCUT2D eigenvalue weighted by atomic mass is 10.1. The smallest absolute Gasteiger partial charge is 0.321 e. The Balaban J connectivity index is 2.05. The molecule has 5 nitrogen and oxygen atoms in total. The highest BCUT2D eigenvalue weighted by atomic mass is 16.5. The van der Waals surface area contributed by atoms with Gasteiger partial charge < -0.3 is 14.9 Å². The molecule has 18 heavy (non-hydrogen) atoms. The quantitative estimate of drug-likeness (QED) is 0.825. The van der Waals surface area contributed by atoms with Crippen LogP contribution in [0.15, 0.2) is 24.3 Å². The summed E-state index contributed by atoms with van der Waals surface area (Å²) < 4.78 is 5.07. The molecule has 5 heteroatoms. The van der Waals surface area contributed by atoms with E-state index in [9.17, 15) is 9.90 Å². The van der Waals surface area contributed by atoms with E-state index in [0.717, 1.165) is 11.3 Å². The first-order chi connectivity index (χ1) is 8.60. The molecule has 1 aliphatic rings. The number of benzene rings is 1. The number of ether oxygens (including phenoxy) is 1. The number of carbonyl (C=O) groups is 1. The largest absolute Gasteiger partial charge is 0.497 e. The fraction of sp³-hybridized carbons (Fsp3) is 0.462. The van der Waals surface area contributed by atoms with Gasteiger partial charge in [-0.3, -0.25) is 9.69 Å². The first kappa shape index (κ1) is 12.9. The van der Waals surface area contributed by atoms with Crippen LogP contribution in [0.4, 0.5) is 0 Å². The Labute approximate surface area is 106 Å². The van der Waals surface area contributed by atoms with Crippen molar-refractivity contribution >= 4 is 5.97 Å². The van der Waals surface area contributed by atoms with Gasteiger partial charge in [-0.15, -0.1) is 0 Å². The van der Waals surface area contributed by atoms with Gasteiger partial charge in [-0.05, 0) is 17.7 Å².